The van der Waals surface area contributed by atoms with Crippen LogP contribution in [0.4, 0.5) is 10.1 Å². The average Bonchev–Trinajstić information content (AvgIpc) is 2.76. The van der Waals surface area contributed by atoms with Gasteiger partial charge in [0.15, 0.2) is 0 Å². The van der Waals surface area contributed by atoms with Crippen LogP contribution in [0.15, 0.2) is 30.7 Å². The van der Waals surface area contributed by atoms with Crippen LogP contribution >= 0.6 is 0 Å². The van der Waals surface area contributed by atoms with Gasteiger partial charge in [0.25, 0.3) is 0 Å². The van der Waals surface area contributed by atoms with Crippen LogP contribution < -0.4 is 15.5 Å². The zero-order valence-electron chi connectivity index (χ0n) is 9.71. The number of nitrogens with zero attached hydrogens (tertiary/aromatic N) is 3. The second-order valence-electron chi connectivity index (χ2n) is 4.19. The molecule has 2 N–H and O–H groups in total. The maximum atomic E-state index is 13.3. The lowest BCUT2D eigenvalue weighted by molar-refractivity contribution is 0.306. The summed E-state index contributed by atoms with van der Waals surface area (Å²) in [5, 5.41) is 0. The number of ether oxygens (including phenoxy) is 1. The molecule has 0 fully saturated rings. The Morgan fingerprint density at radius 2 is 2.33 bits per heavy atom. The van der Waals surface area contributed by atoms with Crippen LogP contribution in [-0.4, -0.2) is 22.8 Å². The molecule has 1 aromatic heterocycles. The van der Waals surface area contributed by atoms with E-state index in [1.54, 1.807) is 18.6 Å². The van der Waals surface area contributed by atoms with Gasteiger partial charge in [0.2, 0.25) is 0 Å². The largest absolute Gasteiger partial charge is 0.490 e. The van der Waals surface area contributed by atoms with Crippen LogP contribution in [0.3, 0.4) is 0 Å². The maximum Gasteiger partial charge on any atom is 0.142 e. The van der Waals surface area contributed by atoms with Crippen LogP contribution in [0.1, 0.15) is 5.69 Å². The van der Waals surface area contributed by atoms with Gasteiger partial charge in [-0.25, -0.2) is 9.37 Å². The molecule has 0 radical (unpaired) electrons. The van der Waals surface area contributed by atoms with E-state index >= 15 is 0 Å². The van der Waals surface area contributed by atoms with E-state index in [1.807, 2.05) is 4.90 Å². The number of fused-ring (bicyclic) bond motifs is 1. The molecule has 0 atom stereocenters. The molecule has 18 heavy (non-hydrogen) atoms. The van der Waals surface area contributed by atoms with Crippen molar-refractivity contribution in [2.75, 3.05) is 23.9 Å². The monoisotopic (exact) mass is 248 g/mol. The predicted molar refractivity (Wildman–Crippen MR) is 65.3 cm³/mol. The van der Waals surface area contributed by atoms with Crippen molar-refractivity contribution in [3.8, 4) is 5.75 Å². The fraction of sp³-hybridized carbons (Fsp3) is 0.250. The highest BCUT2D eigenvalue weighted by Gasteiger charge is 2.19. The first-order chi connectivity index (χ1) is 8.72. The molecule has 1 aliphatic heterocycles. The lowest BCUT2D eigenvalue weighted by atomic mass is 10.2. The minimum absolute atomic E-state index is 0.270. The van der Waals surface area contributed by atoms with Crippen molar-refractivity contribution in [2.45, 2.75) is 6.54 Å². The van der Waals surface area contributed by atoms with Gasteiger partial charge in [-0.15, -0.1) is 0 Å². The number of imidazole rings is 1. The van der Waals surface area contributed by atoms with E-state index in [0.717, 1.165) is 11.4 Å². The normalized spacial score (nSPS) is 14.2. The van der Waals surface area contributed by atoms with Crippen molar-refractivity contribution in [1.82, 2.24) is 9.66 Å². The van der Waals surface area contributed by atoms with Crippen molar-refractivity contribution in [3.63, 3.8) is 0 Å². The molecule has 6 heteroatoms. The van der Waals surface area contributed by atoms with E-state index in [2.05, 4.69) is 4.98 Å². The first-order valence-electron chi connectivity index (χ1n) is 5.67. The summed E-state index contributed by atoms with van der Waals surface area (Å²) in [6.07, 6.45) is 3.29. The number of halogens is 1. The van der Waals surface area contributed by atoms with Gasteiger partial charge in [-0.2, -0.15) is 0 Å². The van der Waals surface area contributed by atoms with Gasteiger partial charge in [-0.05, 0) is 12.1 Å². The van der Waals surface area contributed by atoms with Gasteiger partial charge in [0, 0.05) is 6.07 Å². The summed E-state index contributed by atoms with van der Waals surface area (Å²) in [5.41, 5.74) is 1.60. The number of aromatic nitrogens is 2. The van der Waals surface area contributed by atoms with Gasteiger partial charge in [-0.1, -0.05) is 0 Å². The number of hydrogen-bond acceptors (Lipinski definition) is 4. The molecule has 1 aliphatic rings. The zero-order chi connectivity index (χ0) is 12.5. The third-order valence-corrected chi connectivity index (χ3v) is 2.89. The number of hydrogen-bond donors (Lipinski definition) is 1. The number of benzene rings is 1. The quantitative estimate of drug-likeness (QED) is 0.810. The van der Waals surface area contributed by atoms with E-state index in [9.17, 15) is 4.39 Å². The second-order valence-corrected chi connectivity index (χ2v) is 4.19. The minimum Gasteiger partial charge on any atom is -0.490 e. The third kappa shape index (κ3) is 1.97. The zero-order valence-corrected chi connectivity index (χ0v) is 9.71. The molecule has 0 unspecified atom stereocenters. The molecular formula is C12H13FN4O. The molecule has 0 bridgehead atoms. The molecule has 3 rings (SSSR count). The second kappa shape index (κ2) is 4.21. The van der Waals surface area contributed by atoms with Crippen LogP contribution in [0.2, 0.25) is 0 Å². The molecule has 94 valence electrons. The van der Waals surface area contributed by atoms with E-state index in [1.165, 1.54) is 16.8 Å². The topological polar surface area (TPSA) is 56.3 Å². The van der Waals surface area contributed by atoms with Crippen molar-refractivity contribution in [1.29, 1.82) is 0 Å². The van der Waals surface area contributed by atoms with Crippen LogP contribution in [-0.2, 0) is 6.54 Å². The lowest BCUT2D eigenvalue weighted by Gasteiger charge is -2.30. The van der Waals surface area contributed by atoms with E-state index in [-0.39, 0.29) is 5.82 Å². The Morgan fingerprint density at radius 3 is 3.11 bits per heavy atom. The van der Waals surface area contributed by atoms with Crippen molar-refractivity contribution in [2.24, 2.45) is 0 Å². The molecule has 2 aromatic rings. The standard InChI is InChI=1S/C12H13FN4O/c13-9-1-2-12-11(5-9)16(3-4-18-12)6-10-7-17(14)8-15-10/h1-2,5,7-8H,3-4,6,14H2. The molecule has 0 saturated carbocycles. The fourth-order valence-corrected chi connectivity index (χ4v) is 2.07. The first-order valence-corrected chi connectivity index (χ1v) is 5.67. The molecular weight excluding hydrogens is 235 g/mol. The summed E-state index contributed by atoms with van der Waals surface area (Å²) in [4.78, 5) is 6.20. The summed E-state index contributed by atoms with van der Waals surface area (Å²) >= 11 is 0. The first kappa shape index (κ1) is 10.9. The Kier molecular flexibility index (Phi) is 2.55. The van der Waals surface area contributed by atoms with E-state index in [0.29, 0.717) is 25.4 Å². The summed E-state index contributed by atoms with van der Waals surface area (Å²) in [6.45, 7) is 1.87. The van der Waals surface area contributed by atoms with E-state index in [4.69, 9.17) is 10.6 Å². The Labute approximate surface area is 104 Å². The summed E-state index contributed by atoms with van der Waals surface area (Å²) in [7, 11) is 0. The maximum absolute atomic E-state index is 13.3. The molecule has 2 heterocycles. The smallest absolute Gasteiger partial charge is 0.142 e. The van der Waals surface area contributed by atoms with Crippen LogP contribution in [0.25, 0.3) is 0 Å². The summed E-state index contributed by atoms with van der Waals surface area (Å²) in [6, 6.07) is 4.53. The average molecular weight is 248 g/mol. The highest BCUT2D eigenvalue weighted by molar-refractivity contribution is 5.60. The summed E-state index contributed by atoms with van der Waals surface area (Å²) in [5.74, 6) is 5.99. The Morgan fingerprint density at radius 1 is 1.44 bits per heavy atom. The van der Waals surface area contributed by atoms with E-state index < -0.39 is 0 Å². The van der Waals surface area contributed by atoms with Crippen LogP contribution in [0.5, 0.6) is 5.75 Å². The summed E-state index contributed by atoms with van der Waals surface area (Å²) < 4.78 is 20.2. The molecule has 0 saturated heterocycles. The van der Waals surface area contributed by atoms with Gasteiger partial charge < -0.3 is 15.5 Å². The number of nitrogen functional groups attached to an aromatic ring is 1. The lowest BCUT2D eigenvalue weighted by Crippen LogP contribution is -2.32. The fourth-order valence-electron chi connectivity index (χ4n) is 2.07. The van der Waals surface area contributed by atoms with Crippen molar-refractivity contribution >= 4 is 5.69 Å². The SMILES string of the molecule is Nn1cnc(CN2CCOc3ccc(F)cc32)c1. The number of anilines is 1. The number of rotatable bonds is 2. The highest BCUT2D eigenvalue weighted by Crippen LogP contribution is 2.32. The van der Waals surface area contributed by atoms with Gasteiger partial charge in [-0.3, -0.25) is 4.68 Å². The van der Waals surface area contributed by atoms with Gasteiger partial charge in [0.05, 0.1) is 30.7 Å². The Bertz CT molecular complexity index is 569. The Hall–Kier alpha value is -2.24. The molecule has 1 aromatic carbocycles. The Balaban J connectivity index is 1.88. The van der Waals surface area contributed by atoms with Crippen molar-refractivity contribution < 1.29 is 9.13 Å². The highest BCUT2D eigenvalue weighted by atomic mass is 19.1. The van der Waals surface area contributed by atoms with Crippen molar-refractivity contribution in [3.05, 3.63) is 42.2 Å². The minimum atomic E-state index is -0.270. The third-order valence-electron chi connectivity index (χ3n) is 2.89. The molecule has 5 nitrogen and oxygen atoms in total. The van der Waals surface area contributed by atoms with Crippen LogP contribution in [0, 0.1) is 5.82 Å². The predicted octanol–water partition coefficient (Wildman–Crippen LogP) is 1.13. The van der Waals surface area contributed by atoms with Gasteiger partial charge >= 0.3 is 0 Å². The van der Waals surface area contributed by atoms with Gasteiger partial charge in [0.1, 0.15) is 24.5 Å². The molecule has 0 aliphatic carbocycles. The number of nitrogens with two attached hydrogens (primary N) is 1. The molecule has 0 spiro atoms. The molecule has 0 amide bonds.